The van der Waals surface area contributed by atoms with Crippen molar-refractivity contribution in [2.45, 2.75) is 11.3 Å². The Balaban J connectivity index is 2.91. The molecule has 1 rings (SSSR count). The number of hydrogen-bond acceptors (Lipinski definition) is 3. The number of aliphatic carboxylic acids is 1. The number of carbonyl (C=O) groups is 1. The summed E-state index contributed by atoms with van der Waals surface area (Å²) >= 11 is 0. The van der Waals surface area contributed by atoms with Crippen LogP contribution < -0.4 is 0 Å². The number of benzene rings is 1. The van der Waals surface area contributed by atoms with Crippen LogP contribution in [0.15, 0.2) is 29.2 Å². The summed E-state index contributed by atoms with van der Waals surface area (Å²) in [4.78, 5) is 10.4. The summed E-state index contributed by atoms with van der Waals surface area (Å²) < 4.78 is 34.8. The zero-order chi connectivity index (χ0) is 12.2. The fourth-order valence-corrected chi connectivity index (χ4v) is 2.20. The van der Waals surface area contributed by atoms with Gasteiger partial charge in [-0.05, 0) is 17.7 Å². The van der Waals surface area contributed by atoms with Gasteiger partial charge in [-0.3, -0.25) is 4.79 Å². The Kier molecular flexibility index (Phi) is 4.00. The first-order valence-corrected chi connectivity index (χ1v) is 6.20. The second-order valence-corrected chi connectivity index (χ2v) is 5.33. The third-order valence-electron chi connectivity index (χ3n) is 1.98. The lowest BCUT2D eigenvalue weighted by atomic mass is 10.2. The van der Waals surface area contributed by atoms with Gasteiger partial charge in [0.15, 0.2) is 9.84 Å². The Labute approximate surface area is 92.6 Å². The van der Waals surface area contributed by atoms with Gasteiger partial charge in [0, 0.05) is 0 Å². The minimum absolute atomic E-state index is 0.0132. The summed E-state index contributed by atoms with van der Waals surface area (Å²) in [6.45, 7) is -0.931. The van der Waals surface area contributed by atoms with Crippen LogP contribution in [0.25, 0.3) is 0 Å². The van der Waals surface area contributed by atoms with E-state index < -0.39 is 28.2 Å². The van der Waals surface area contributed by atoms with Crippen LogP contribution in [0, 0.1) is 0 Å². The summed E-state index contributed by atoms with van der Waals surface area (Å²) in [6.07, 6.45) is -0.163. The van der Waals surface area contributed by atoms with Crippen molar-refractivity contribution in [3.63, 3.8) is 0 Å². The Hall–Kier alpha value is -1.43. The lowest BCUT2D eigenvalue weighted by Gasteiger charge is -2.02. The fourth-order valence-electron chi connectivity index (χ4n) is 1.21. The Morgan fingerprint density at radius 3 is 2.25 bits per heavy atom. The van der Waals surface area contributed by atoms with Crippen LogP contribution in [0.1, 0.15) is 5.56 Å². The van der Waals surface area contributed by atoms with Crippen LogP contribution >= 0.6 is 0 Å². The molecule has 1 aromatic rings. The van der Waals surface area contributed by atoms with E-state index in [2.05, 4.69) is 0 Å². The van der Waals surface area contributed by atoms with Crippen molar-refractivity contribution in [3.05, 3.63) is 29.8 Å². The third-order valence-corrected chi connectivity index (χ3v) is 3.67. The molecule has 0 aromatic heterocycles. The van der Waals surface area contributed by atoms with Crippen molar-refractivity contribution in [1.29, 1.82) is 0 Å². The molecule has 0 saturated carbocycles. The second-order valence-electron chi connectivity index (χ2n) is 3.22. The molecule has 1 aromatic carbocycles. The maximum absolute atomic E-state index is 12.0. The van der Waals surface area contributed by atoms with Gasteiger partial charge in [0.05, 0.1) is 17.1 Å². The zero-order valence-electron chi connectivity index (χ0n) is 8.39. The number of sulfone groups is 1. The predicted octanol–water partition coefficient (Wildman–Crippen LogP) is 1.06. The molecule has 88 valence electrons. The molecule has 0 aliphatic rings. The first-order valence-electron chi connectivity index (χ1n) is 4.55. The topological polar surface area (TPSA) is 71.4 Å². The molecule has 0 saturated heterocycles. The van der Waals surface area contributed by atoms with Crippen molar-refractivity contribution in [2.24, 2.45) is 0 Å². The monoisotopic (exact) mass is 246 g/mol. The molecule has 0 spiro atoms. The molecule has 0 aliphatic heterocycles. The van der Waals surface area contributed by atoms with Crippen molar-refractivity contribution < 1.29 is 22.7 Å². The van der Waals surface area contributed by atoms with Gasteiger partial charge in [0.2, 0.25) is 0 Å². The van der Waals surface area contributed by atoms with E-state index in [1.165, 1.54) is 24.3 Å². The van der Waals surface area contributed by atoms with E-state index in [0.717, 1.165) is 0 Å². The molecule has 4 nitrogen and oxygen atoms in total. The summed E-state index contributed by atoms with van der Waals surface area (Å²) in [5, 5.41) is 8.51. The highest BCUT2D eigenvalue weighted by Gasteiger charge is 2.13. The number of halogens is 1. The Bertz CT molecular complexity index is 464. The molecule has 6 heteroatoms. The third kappa shape index (κ3) is 3.30. The highest BCUT2D eigenvalue weighted by molar-refractivity contribution is 7.91. The molecule has 0 amide bonds. The van der Waals surface area contributed by atoms with Crippen molar-refractivity contribution >= 4 is 15.8 Å². The molecule has 0 radical (unpaired) electrons. The van der Waals surface area contributed by atoms with Gasteiger partial charge >= 0.3 is 5.97 Å². The van der Waals surface area contributed by atoms with Gasteiger partial charge in [-0.15, -0.1) is 0 Å². The molecule has 0 atom stereocenters. The Morgan fingerprint density at radius 2 is 1.81 bits per heavy atom. The quantitative estimate of drug-likeness (QED) is 0.843. The van der Waals surface area contributed by atoms with Crippen LogP contribution in [-0.2, 0) is 21.1 Å². The molecular weight excluding hydrogens is 235 g/mol. The first kappa shape index (κ1) is 12.6. The highest BCUT2D eigenvalue weighted by Crippen LogP contribution is 2.12. The van der Waals surface area contributed by atoms with Gasteiger partial charge < -0.3 is 5.11 Å². The van der Waals surface area contributed by atoms with E-state index in [4.69, 9.17) is 5.11 Å². The minimum atomic E-state index is -3.58. The van der Waals surface area contributed by atoms with Crippen LogP contribution in [0.5, 0.6) is 0 Å². The van der Waals surface area contributed by atoms with Gasteiger partial charge in [0.25, 0.3) is 0 Å². The number of carboxylic acid groups (broad SMARTS) is 1. The maximum Gasteiger partial charge on any atom is 0.307 e. The van der Waals surface area contributed by atoms with Crippen LogP contribution in [0.3, 0.4) is 0 Å². The summed E-state index contributed by atoms with van der Waals surface area (Å²) in [7, 11) is -3.58. The molecule has 0 heterocycles. The number of alkyl halides is 1. The van der Waals surface area contributed by atoms with Gasteiger partial charge in [-0.1, -0.05) is 12.1 Å². The van der Waals surface area contributed by atoms with E-state index >= 15 is 0 Å². The SMILES string of the molecule is O=C(O)Cc1ccc(S(=O)(=O)CCF)cc1. The van der Waals surface area contributed by atoms with E-state index in [1.807, 2.05) is 0 Å². The van der Waals surface area contributed by atoms with E-state index in [0.29, 0.717) is 5.56 Å². The first-order chi connectivity index (χ1) is 7.45. The average molecular weight is 246 g/mol. The number of rotatable bonds is 5. The lowest BCUT2D eigenvalue weighted by molar-refractivity contribution is -0.136. The van der Waals surface area contributed by atoms with Gasteiger partial charge in [-0.2, -0.15) is 0 Å². The highest BCUT2D eigenvalue weighted by atomic mass is 32.2. The Morgan fingerprint density at radius 1 is 1.25 bits per heavy atom. The van der Waals surface area contributed by atoms with E-state index in [9.17, 15) is 17.6 Å². The lowest BCUT2D eigenvalue weighted by Crippen LogP contribution is -2.08. The normalized spacial score (nSPS) is 11.3. The summed E-state index contributed by atoms with van der Waals surface area (Å²) in [6, 6.07) is 5.42. The van der Waals surface area contributed by atoms with E-state index in [-0.39, 0.29) is 11.3 Å². The average Bonchev–Trinajstić information content (AvgIpc) is 2.17. The molecule has 0 aliphatic carbocycles. The molecule has 1 N–H and O–H groups in total. The molecule has 0 unspecified atom stereocenters. The molecular formula is C10H11FO4S. The summed E-state index contributed by atoms with van der Waals surface area (Å²) in [5.74, 6) is -1.54. The molecule has 16 heavy (non-hydrogen) atoms. The smallest absolute Gasteiger partial charge is 0.307 e. The minimum Gasteiger partial charge on any atom is -0.481 e. The van der Waals surface area contributed by atoms with Crippen molar-refractivity contribution in [2.75, 3.05) is 12.4 Å². The van der Waals surface area contributed by atoms with E-state index in [1.54, 1.807) is 0 Å². The number of hydrogen-bond donors (Lipinski definition) is 1. The largest absolute Gasteiger partial charge is 0.481 e. The summed E-state index contributed by atoms with van der Waals surface area (Å²) in [5.41, 5.74) is 0.506. The van der Waals surface area contributed by atoms with Gasteiger partial charge in [0.1, 0.15) is 6.67 Å². The van der Waals surface area contributed by atoms with Crippen molar-refractivity contribution in [3.8, 4) is 0 Å². The van der Waals surface area contributed by atoms with Gasteiger partial charge in [-0.25, -0.2) is 12.8 Å². The second kappa shape index (κ2) is 5.07. The number of carboxylic acids is 1. The van der Waals surface area contributed by atoms with Crippen molar-refractivity contribution in [1.82, 2.24) is 0 Å². The van der Waals surface area contributed by atoms with Crippen LogP contribution in [0.4, 0.5) is 4.39 Å². The zero-order valence-corrected chi connectivity index (χ0v) is 9.21. The fraction of sp³-hybridized carbons (Fsp3) is 0.300. The molecule has 0 fully saturated rings. The molecule has 0 bridgehead atoms. The predicted molar refractivity (Wildman–Crippen MR) is 55.8 cm³/mol. The standard InChI is InChI=1S/C10H11FO4S/c11-5-6-16(14,15)9-3-1-8(2-4-9)7-10(12)13/h1-4H,5-7H2,(H,12,13). The van der Waals surface area contributed by atoms with Crippen LogP contribution in [-0.4, -0.2) is 31.9 Å². The maximum atomic E-state index is 12.0. The van der Waals surface area contributed by atoms with Crippen LogP contribution in [0.2, 0.25) is 0 Å².